The summed E-state index contributed by atoms with van der Waals surface area (Å²) in [5.41, 5.74) is 5.48. The van der Waals surface area contributed by atoms with Crippen molar-refractivity contribution in [1.82, 2.24) is 0 Å². The maximum absolute atomic E-state index is 11.5. The third kappa shape index (κ3) is 6.80. The Kier molecular flexibility index (Phi) is 7.34. The van der Waals surface area contributed by atoms with Crippen LogP contribution in [0.4, 0.5) is 0 Å². The first-order valence-electron chi connectivity index (χ1n) is 5.89. The van der Waals surface area contributed by atoms with Crippen LogP contribution in [0.3, 0.4) is 0 Å². The van der Waals surface area contributed by atoms with Gasteiger partial charge in [0.1, 0.15) is 12.6 Å². The van der Waals surface area contributed by atoms with Crippen molar-refractivity contribution in [2.45, 2.75) is 46.6 Å². The van der Waals surface area contributed by atoms with Gasteiger partial charge in [-0.25, -0.2) is 0 Å². The van der Waals surface area contributed by atoms with Crippen LogP contribution in [0.1, 0.15) is 40.5 Å². The van der Waals surface area contributed by atoms with Crippen LogP contribution in [0, 0.1) is 5.41 Å². The summed E-state index contributed by atoms with van der Waals surface area (Å²) < 4.78 is 10.3. The minimum atomic E-state index is -0.580. The molecule has 0 amide bonds. The molecule has 2 N–H and O–H groups in total. The van der Waals surface area contributed by atoms with Gasteiger partial charge in [-0.3, -0.25) is 4.79 Å². The van der Waals surface area contributed by atoms with Crippen LogP contribution in [0.2, 0.25) is 0 Å². The summed E-state index contributed by atoms with van der Waals surface area (Å²) in [5.74, 6) is -0.355. The highest BCUT2D eigenvalue weighted by Crippen LogP contribution is 2.17. The molecule has 0 aromatic rings. The molecular formula is C12H25NO3. The molecule has 1 atom stereocenters. The van der Waals surface area contributed by atoms with Gasteiger partial charge in [-0.2, -0.15) is 0 Å². The number of hydrogen-bond acceptors (Lipinski definition) is 4. The number of nitrogens with two attached hydrogens (primary N) is 1. The Balaban J connectivity index is 3.58. The fourth-order valence-corrected chi connectivity index (χ4v) is 0.993. The van der Waals surface area contributed by atoms with E-state index in [-0.39, 0.29) is 18.0 Å². The number of hydrogen-bond donors (Lipinski definition) is 1. The summed E-state index contributed by atoms with van der Waals surface area (Å²) in [6.07, 6.45) is 2.14. The van der Waals surface area contributed by atoms with E-state index < -0.39 is 6.04 Å². The maximum Gasteiger partial charge on any atom is 0.323 e. The van der Waals surface area contributed by atoms with E-state index >= 15 is 0 Å². The van der Waals surface area contributed by atoms with Crippen LogP contribution < -0.4 is 5.73 Å². The first-order valence-corrected chi connectivity index (χ1v) is 5.89. The molecule has 0 bridgehead atoms. The van der Waals surface area contributed by atoms with Crippen molar-refractivity contribution in [3.05, 3.63) is 0 Å². The summed E-state index contributed by atoms with van der Waals surface area (Å²) >= 11 is 0. The highest BCUT2D eigenvalue weighted by Gasteiger charge is 2.28. The Hall–Kier alpha value is -0.610. The molecule has 0 fully saturated rings. The number of carbonyl (C=O) groups is 1. The Morgan fingerprint density at radius 1 is 1.25 bits per heavy atom. The molecule has 4 nitrogen and oxygen atoms in total. The average Bonchev–Trinajstić information content (AvgIpc) is 2.20. The third-order valence-corrected chi connectivity index (χ3v) is 2.30. The first-order chi connectivity index (χ1) is 7.39. The minimum Gasteiger partial charge on any atom is -0.462 e. The lowest BCUT2D eigenvalue weighted by molar-refractivity contribution is -0.149. The van der Waals surface area contributed by atoms with E-state index in [9.17, 15) is 4.79 Å². The second kappa shape index (κ2) is 7.63. The van der Waals surface area contributed by atoms with Gasteiger partial charge in [0.15, 0.2) is 0 Å². The van der Waals surface area contributed by atoms with E-state index in [1.807, 2.05) is 20.8 Å². The van der Waals surface area contributed by atoms with Crippen LogP contribution in [0.15, 0.2) is 0 Å². The van der Waals surface area contributed by atoms with Crippen LogP contribution in [-0.4, -0.2) is 31.8 Å². The van der Waals surface area contributed by atoms with E-state index in [1.165, 1.54) is 0 Å². The van der Waals surface area contributed by atoms with Crippen molar-refractivity contribution >= 4 is 5.97 Å². The lowest BCUT2D eigenvalue weighted by Gasteiger charge is -2.24. The van der Waals surface area contributed by atoms with Crippen molar-refractivity contribution in [1.29, 1.82) is 0 Å². The predicted octanol–water partition coefficient (Wildman–Crippen LogP) is 1.72. The fourth-order valence-electron chi connectivity index (χ4n) is 0.993. The van der Waals surface area contributed by atoms with Gasteiger partial charge >= 0.3 is 5.97 Å². The van der Waals surface area contributed by atoms with Gasteiger partial charge < -0.3 is 15.2 Å². The molecule has 0 aliphatic carbocycles. The van der Waals surface area contributed by atoms with Gasteiger partial charge in [-0.1, -0.05) is 34.1 Å². The van der Waals surface area contributed by atoms with Crippen molar-refractivity contribution < 1.29 is 14.3 Å². The SMILES string of the molecule is CCCCOCCOC(=O)C(N)C(C)(C)C. The maximum atomic E-state index is 11.5. The summed E-state index contributed by atoms with van der Waals surface area (Å²) in [5, 5.41) is 0. The molecule has 0 aliphatic rings. The molecule has 0 spiro atoms. The largest absolute Gasteiger partial charge is 0.462 e. The summed E-state index contributed by atoms with van der Waals surface area (Å²) in [6, 6.07) is -0.580. The molecule has 0 saturated carbocycles. The third-order valence-electron chi connectivity index (χ3n) is 2.30. The monoisotopic (exact) mass is 231 g/mol. The van der Waals surface area contributed by atoms with Gasteiger partial charge in [-0.15, -0.1) is 0 Å². The molecule has 4 heteroatoms. The molecule has 16 heavy (non-hydrogen) atoms. The molecular weight excluding hydrogens is 206 g/mol. The second-order valence-electron chi connectivity index (χ2n) is 4.98. The Morgan fingerprint density at radius 3 is 2.38 bits per heavy atom. The second-order valence-corrected chi connectivity index (χ2v) is 4.98. The number of ether oxygens (including phenoxy) is 2. The fraction of sp³-hybridized carbons (Fsp3) is 0.917. The zero-order chi connectivity index (χ0) is 12.6. The lowest BCUT2D eigenvalue weighted by Crippen LogP contribution is -2.43. The van der Waals surface area contributed by atoms with Crippen molar-refractivity contribution in [2.75, 3.05) is 19.8 Å². The van der Waals surface area contributed by atoms with Gasteiger partial charge in [0.05, 0.1) is 6.61 Å². The summed E-state index contributed by atoms with van der Waals surface area (Å²) in [6.45, 7) is 9.30. The van der Waals surface area contributed by atoms with Crippen molar-refractivity contribution in [2.24, 2.45) is 11.1 Å². The zero-order valence-electron chi connectivity index (χ0n) is 10.9. The van der Waals surface area contributed by atoms with Crippen molar-refractivity contribution in [3.8, 4) is 0 Å². The molecule has 0 aromatic heterocycles. The molecule has 0 aromatic carbocycles. The van der Waals surface area contributed by atoms with E-state index in [2.05, 4.69) is 6.92 Å². The Bertz CT molecular complexity index is 199. The van der Waals surface area contributed by atoms with Gasteiger partial charge in [0.2, 0.25) is 0 Å². The molecule has 96 valence electrons. The van der Waals surface area contributed by atoms with Crippen LogP contribution in [-0.2, 0) is 14.3 Å². The lowest BCUT2D eigenvalue weighted by atomic mass is 9.87. The molecule has 0 rings (SSSR count). The van der Waals surface area contributed by atoms with Crippen LogP contribution in [0.25, 0.3) is 0 Å². The first kappa shape index (κ1) is 15.4. The van der Waals surface area contributed by atoms with Gasteiger partial charge in [0.25, 0.3) is 0 Å². The summed E-state index contributed by atoms with van der Waals surface area (Å²) in [4.78, 5) is 11.5. The van der Waals surface area contributed by atoms with E-state index in [4.69, 9.17) is 15.2 Å². The van der Waals surface area contributed by atoms with Crippen molar-refractivity contribution in [3.63, 3.8) is 0 Å². The molecule has 0 heterocycles. The molecule has 1 unspecified atom stereocenters. The standard InChI is InChI=1S/C12H25NO3/c1-5-6-7-15-8-9-16-11(14)10(13)12(2,3)4/h10H,5-9,13H2,1-4H3. The van der Waals surface area contributed by atoms with Gasteiger partial charge in [0, 0.05) is 6.61 Å². The molecule has 0 radical (unpaired) electrons. The quantitative estimate of drug-likeness (QED) is 0.535. The van der Waals surface area contributed by atoms with E-state index in [0.29, 0.717) is 6.61 Å². The Morgan fingerprint density at radius 2 is 1.88 bits per heavy atom. The highest BCUT2D eigenvalue weighted by atomic mass is 16.6. The number of unbranched alkanes of at least 4 members (excludes halogenated alkanes) is 1. The number of esters is 1. The summed E-state index contributed by atoms with van der Waals surface area (Å²) in [7, 11) is 0. The van der Waals surface area contributed by atoms with Gasteiger partial charge in [-0.05, 0) is 11.8 Å². The predicted molar refractivity (Wildman–Crippen MR) is 64.1 cm³/mol. The Labute approximate surface area is 98.5 Å². The van der Waals surface area contributed by atoms with E-state index in [1.54, 1.807) is 0 Å². The topological polar surface area (TPSA) is 61.5 Å². The number of rotatable bonds is 7. The highest BCUT2D eigenvalue weighted by molar-refractivity contribution is 5.76. The number of carbonyl (C=O) groups excluding carboxylic acids is 1. The molecule has 0 saturated heterocycles. The van der Waals surface area contributed by atoms with Crippen LogP contribution in [0.5, 0.6) is 0 Å². The normalized spacial score (nSPS) is 13.6. The van der Waals surface area contributed by atoms with E-state index in [0.717, 1.165) is 19.4 Å². The van der Waals surface area contributed by atoms with Crippen LogP contribution >= 0.6 is 0 Å². The zero-order valence-corrected chi connectivity index (χ0v) is 10.9. The minimum absolute atomic E-state index is 0.264. The average molecular weight is 231 g/mol. The molecule has 0 aliphatic heterocycles. The smallest absolute Gasteiger partial charge is 0.323 e.